The Balaban J connectivity index is 2.08. The lowest BCUT2D eigenvalue weighted by Crippen LogP contribution is -2.56. The van der Waals surface area contributed by atoms with E-state index in [0.717, 1.165) is 16.9 Å². The molecule has 2 aromatic rings. The zero-order valence-electron chi connectivity index (χ0n) is 17.2. The van der Waals surface area contributed by atoms with E-state index in [4.69, 9.17) is 17.2 Å². The molecule has 1 heterocycles. The molecule has 0 aliphatic heterocycles. The first-order valence-corrected chi connectivity index (χ1v) is 12.0. The number of primary amides is 1. The summed E-state index contributed by atoms with van der Waals surface area (Å²) in [5, 5.41) is 4.21. The molecule has 0 fully saturated rings. The smallest absolute Gasteiger partial charge is 0.262 e. The molecular weight excluding hydrogens is 454 g/mol. The highest BCUT2D eigenvalue weighted by molar-refractivity contribution is 7.91. The number of aliphatic imine (C=N–C) groups is 1. The molecule has 0 spiro atoms. The lowest BCUT2D eigenvalue weighted by molar-refractivity contribution is -0.128. The van der Waals surface area contributed by atoms with Gasteiger partial charge in [0.05, 0.1) is 0 Å². The van der Waals surface area contributed by atoms with Crippen LogP contribution in [0.15, 0.2) is 57.0 Å². The fourth-order valence-corrected chi connectivity index (χ4v) is 4.64. The minimum atomic E-state index is -3.86. The number of carbonyl (C=O) groups excluding carboxylic acids is 2. The lowest BCUT2D eigenvalue weighted by atomic mass is 10.0. The Labute approximate surface area is 190 Å². The molecule has 0 saturated heterocycles. The van der Waals surface area contributed by atoms with Crippen molar-refractivity contribution in [1.82, 2.24) is 15.6 Å². The maximum absolute atomic E-state index is 12.9. The van der Waals surface area contributed by atoms with Crippen molar-refractivity contribution in [3.63, 3.8) is 0 Å². The van der Waals surface area contributed by atoms with E-state index in [1.165, 1.54) is 6.07 Å². The average molecular weight is 482 g/mol. The third-order valence-corrected chi connectivity index (χ3v) is 6.99. The monoisotopic (exact) mass is 481 g/mol. The molecule has 2 rings (SSSR count). The van der Waals surface area contributed by atoms with Gasteiger partial charge in [0.25, 0.3) is 10.0 Å². The summed E-state index contributed by atoms with van der Waals surface area (Å²) < 4.78 is 24.9. The van der Waals surface area contributed by atoms with Crippen molar-refractivity contribution in [3.8, 4) is 0 Å². The maximum Gasteiger partial charge on any atom is 0.262 e. The highest BCUT2D eigenvalue weighted by Gasteiger charge is 2.26. The Bertz CT molecular complexity index is 1010. The van der Waals surface area contributed by atoms with Crippen molar-refractivity contribution >= 4 is 39.1 Å². The van der Waals surface area contributed by atoms with Gasteiger partial charge < -0.3 is 22.5 Å². The van der Waals surface area contributed by atoms with Gasteiger partial charge in [0.1, 0.15) is 16.3 Å². The van der Waals surface area contributed by atoms with Crippen LogP contribution in [0.25, 0.3) is 0 Å². The van der Waals surface area contributed by atoms with E-state index in [1.54, 1.807) is 11.4 Å². The minimum absolute atomic E-state index is 0.0868. The number of thiophene rings is 1. The fraction of sp³-hybridized carbons (Fsp3) is 0.316. The third kappa shape index (κ3) is 8.26. The van der Waals surface area contributed by atoms with Gasteiger partial charge in [0, 0.05) is 13.0 Å². The number of amides is 2. The van der Waals surface area contributed by atoms with Crippen molar-refractivity contribution < 1.29 is 18.0 Å². The van der Waals surface area contributed by atoms with E-state index in [0.29, 0.717) is 6.42 Å². The number of hydrogen-bond acceptors (Lipinski definition) is 7. The molecule has 0 radical (unpaired) electrons. The number of nitrogens with two attached hydrogens (primary N) is 3. The zero-order valence-corrected chi connectivity index (χ0v) is 18.9. The van der Waals surface area contributed by atoms with Gasteiger partial charge in [-0.15, -0.1) is 16.2 Å². The molecule has 1 aromatic heterocycles. The second-order valence-electron chi connectivity index (χ2n) is 6.84. The van der Waals surface area contributed by atoms with E-state index in [9.17, 15) is 18.0 Å². The van der Waals surface area contributed by atoms with Crippen LogP contribution in [-0.2, 0) is 26.0 Å². The topological polar surface area (TPSA) is 195 Å². The number of hydrazine groups is 1. The summed E-state index contributed by atoms with van der Waals surface area (Å²) in [5.74, 6) is -1.39. The number of hydrogen-bond donors (Lipinski definition) is 6. The Hall–Kier alpha value is -3.00. The van der Waals surface area contributed by atoms with E-state index in [2.05, 4.69) is 20.6 Å². The predicted molar refractivity (Wildman–Crippen MR) is 123 cm³/mol. The van der Waals surface area contributed by atoms with Crippen molar-refractivity contribution in [2.75, 3.05) is 6.54 Å². The fourth-order valence-electron chi connectivity index (χ4n) is 2.73. The Morgan fingerprint density at radius 3 is 2.34 bits per heavy atom. The number of nitrogens with one attached hydrogen (secondary N) is 3. The number of carbonyl (C=O) groups is 2. The molecule has 9 N–H and O–H groups in total. The molecule has 0 unspecified atom stereocenters. The summed E-state index contributed by atoms with van der Waals surface area (Å²) in [6, 6.07) is 10.1. The normalized spacial score (nSPS) is 13.1. The van der Waals surface area contributed by atoms with Gasteiger partial charge in [-0.2, -0.15) is 0 Å². The largest absolute Gasteiger partial charge is 0.370 e. The number of rotatable bonds is 13. The highest BCUT2D eigenvalue weighted by Crippen LogP contribution is 2.15. The first-order valence-electron chi connectivity index (χ1n) is 9.69. The van der Waals surface area contributed by atoms with Crippen LogP contribution in [0, 0.1) is 0 Å². The number of nitrogens with zero attached hydrogens (tertiary/aromatic N) is 1. The van der Waals surface area contributed by atoms with Crippen LogP contribution in [-0.4, -0.2) is 44.8 Å². The molecule has 0 aliphatic carbocycles. The van der Waals surface area contributed by atoms with Crippen molar-refractivity contribution in [3.05, 3.63) is 53.4 Å². The summed E-state index contributed by atoms with van der Waals surface area (Å²) in [5.41, 5.74) is 19.4. The van der Waals surface area contributed by atoms with Crippen LogP contribution in [0.4, 0.5) is 0 Å². The van der Waals surface area contributed by atoms with E-state index in [-0.39, 0.29) is 29.6 Å². The van der Waals surface area contributed by atoms with Gasteiger partial charge in [-0.3, -0.25) is 14.6 Å². The second kappa shape index (κ2) is 12.1. The van der Waals surface area contributed by atoms with Crippen LogP contribution in [0.2, 0.25) is 0 Å². The lowest BCUT2D eigenvalue weighted by Gasteiger charge is -2.22. The standard InChI is InChI=1S/C19H27N7O4S2/c20-17(27)15(12-13-6-2-1-3-7-13)24-18(28)14(8-4-10-23-19(21)22)25-26-32(29,30)16-9-5-11-31-16/h1-3,5-7,9,11,14-15,25-26H,4,8,10,12H2,(H2,20,27)(H,24,28)(H4,21,22,23)/t14-,15-/m0/s1. The molecule has 2 atom stereocenters. The van der Waals surface area contributed by atoms with Gasteiger partial charge in [-0.1, -0.05) is 36.4 Å². The molecule has 0 aliphatic rings. The van der Waals surface area contributed by atoms with Gasteiger partial charge in [-0.25, -0.2) is 13.8 Å². The number of guanidine groups is 1. The molecule has 1 aromatic carbocycles. The SMILES string of the molecule is NC(=O)[C@H](Cc1ccccc1)NC(=O)[C@H](CCCN=C(N)N)NNS(=O)(=O)c1cccs1. The molecule has 0 bridgehead atoms. The van der Waals surface area contributed by atoms with Crippen LogP contribution < -0.4 is 32.8 Å². The summed E-state index contributed by atoms with van der Waals surface area (Å²) in [4.78, 5) is 30.8. The average Bonchev–Trinajstić information content (AvgIpc) is 3.29. The number of benzene rings is 1. The van der Waals surface area contributed by atoms with Crippen LogP contribution >= 0.6 is 11.3 Å². The molecule has 13 heteroatoms. The second-order valence-corrected chi connectivity index (χ2v) is 9.69. The molecule has 2 amide bonds. The van der Waals surface area contributed by atoms with E-state index < -0.39 is 33.9 Å². The minimum Gasteiger partial charge on any atom is -0.370 e. The van der Waals surface area contributed by atoms with Gasteiger partial charge in [0.2, 0.25) is 11.8 Å². The Morgan fingerprint density at radius 2 is 1.75 bits per heavy atom. The van der Waals surface area contributed by atoms with Crippen LogP contribution in [0.1, 0.15) is 18.4 Å². The van der Waals surface area contributed by atoms with Gasteiger partial charge in [-0.05, 0) is 29.9 Å². The third-order valence-electron chi connectivity index (χ3n) is 4.33. The predicted octanol–water partition coefficient (Wildman–Crippen LogP) is -0.834. The summed E-state index contributed by atoms with van der Waals surface area (Å²) in [6.45, 7) is 0.245. The molecule has 32 heavy (non-hydrogen) atoms. The first kappa shape index (κ1) is 25.3. The molecular formula is C19H27N7O4S2. The maximum atomic E-state index is 12.9. The first-order chi connectivity index (χ1) is 15.2. The molecule has 0 saturated carbocycles. The molecule has 174 valence electrons. The summed E-state index contributed by atoms with van der Waals surface area (Å²) in [6.07, 6.45) is 0.763. The van der Waals surface area contributed by atoms with Gasteiger partial charge >= 0.3 is 0 Å². The van der Waals surface area contributed by atoms with Gasteiger partial charge in [0.15, 0.2) is 5.96 Å². The summed E-state index contributed by atoms with van der Waals surface area (Å²) in [7, 11) is -3.86. The zero-order chi connectivity index (χ0) is 23.6. The van der Waals surface area contributed by atoms with E-state index >= 15 is 0 Å². The van der Waals surface area contributed by atoms with Crippen LogP contribution in [0.5, 0.6) is 0 Å². The highest BCUT2D eigenvalue weighted by atomic mass is 32.2. The van der Waals surface area contributed by atoms with Crippen molar-refractivity contribution in [2.24, 2.45) is 22.2 Å². The Morgan fingerprint density at radius 1 is 1.03 bits per heavy atom. The van der Waals surface area contributed by atoms with Crippen LogP contribution in [0.3, 0.4) is 0 Å². The molecule has 11 nitrogen and oxygen atoms in total. The quantitative estimate of drug-likeness (QED) is 0.0928. The van der Waals surface area contributed by atoms with E-state index in [1.807, 2.05) is 30.3 Å². The van der Waals surface area contributed by atoms with Crippen molar-refractivity contribution in [2.45, 2.75) is 35.6 Å². The summed E-state index contributed by atoms with van der Waals surface area (Å²) >= 11 is 1.03. The number of sulfonamides is 1. The van der Waals surface area contributed by atoms with Crippen molar-refractivity contribution in [1.29, 1.82) is 0 Å². The Kier molecular flexibility index (Phi) is 9.59.